The van der Waals surface area contributed by atoms with E-state index in [2.05, 4.69) is 27.7 Å². The van der Waals surface area contributed by atoms with Gasteiger partial charge in [0.05, 0.1) is 11.7 Å². The lowest BCUT2D eigenvalue weighted by Gasteiger charge is -2.64. The molecule has 0 aromatic carbocycles. The lowest BCUT2D eigenvalue weighted by molar-refractivity contribution is -0.217. The molecule has 4 nitrogen and oxygen atoms in total. The highest BCUT2D eigenvalue weighted by Gasteiger charge is 2.74. The number of Topliss-reactive ketones (excluding diaryl/α,β-unsaturated/α-hetero) is 1. The summed E-state index contributed by atoms with van der Waals surface area (Å²) in [6.45, 7) is 14.5. The highest BCUT2D eigenvalue weighted by atomic mass is 19.1. The van der Waals surface area contributed by atoms with Crippen molar-refractivity contribution < 1.29 is 23.8 Å². The average Bonchev–Trinajstić information content (AvgIpc) is 2.99. The topological polar surface area (TPSA) is 63.6 Å². The van der Waals surface area contributed by atoms with Gasteiger partial charge >= 0.3 is 0 Å². The van der Waals surface area contributed by atoms with Crippen molar-refractivity contribution >= 4 is 11.6 Å². The molecule has 4 rings (SSSR count). The number of aliphatic hydroxyl groups excluding tert-OH is 1. The van der Waals surface area contributed by atoms with E-state index in [0.717, 1.165) is 31.3 Å². The number of allylic oxidation sites excluding steroid dienone is 1. The minimum absolute atomic E-state index is 0.0176. The zero-order valence-electron chi connectivity index (χ0n) is 23.0. The number of halogens is 1. The quantitative estimate of drug-likeness (QED) is 0.449. The Morgan fingerprint density at radius 3 is 2.57 bits per heavy atom. The molecule has 5 heteroatoms. The molecule has 198 valence electrons. The normalized spacial score (nSPS) is 45.4. The Labute approximate surface area is 211 Å². The van der Waals surface area contributed by atoms with Crippen LogP contribution < -0.4 is 0 Å². The zero-order chi connectivity index (χ0) is 26.0. The number of rotatable bonds is 7. The molecule has 0 bridgehead atoms. The number of hydrogen-bond acceptors (Lipinski definition) is 4. The van der Waals surface area contributed by atoms with Crippen molar-refractivity contribution in [3.8, 4) is 0 Å². The molecule has 8 atom stereocenters. The summed E-state index contributed by atoms with van der Waals surface area (Å²) in [5, 5.41) is 11.6. The highest BCUT2D eigenvalue weighted by molar-refractivity contribution is 5.92. The molecule has 35 heavy (non-hydrogen) atoms. The summed E-state index contributed by atoms with van der Waals surface area (Å²) in [7, 11) is 0. The Bertz CT molecular complexity index is 910. The summed E-state index contributed by atoms with van der Waals surface area (Å²) >= 11 is 0. The molecule has 0 amide bonds. The Kier molecular flexibility index (Phi) is 6.75. The van der Waals surface area contributed by atoms with E-state index < -0.39 is 28.0 Å². The number of carbonyl (C=O) groups excluding carboxylic acids is 2. The molecule has 0 heterocycles. The van der Waals surface area contributed by atoms with Crippen molar-refractivity contribution in [2.75, 3.05) is 6.61 Å². The smallest absolute Gasteiger partial charge is 0.165 e. The van der Waals surface area contributed by atoms with Crippen LogP contribution in [0.15, 0.2) is 11.6 Å². The zero-order valence-corrected chi connectivity index (χ0v) is 23.0. The maximum absolute atomic E-state index is 17.4. The van der Waals surface area contributed by atoms with Gasteiger partial charge in [-0.15, -0.1) is 0 Å². The van der Waals surface area contributed by atoms with Crippen molar-refractivity contribution in [1.29, 1.82) is 0 Å². The van der Waals surface area contributed by atoms with E-state index in [4.69, 9.17) is 4.74 Å². The number of ketones is 2. The van der Waals surface area contributed by atoms with Gasteiger partial charge in [0.1, 0.15) is 12.3 Å². The van der Waals surface area contributed by atoms with Crippen LogP contribution in [-0.4, -0.2) is 40.7 Å². The molecule has 0 unspecified atom stereocenters. The third-order valence-corrected chi connectivity index (χ3v) is 11.5. The van der Waals surface area contributed by atoms with Crippen LogP contribution in [0.1, 0.15) is 106 Å². The van der Waals surface area contributed by atoms with Gasteiger partial charge in [0.25, 0.3) is 0 Å². The van der Waals surface area contributed by atoms with E-state index in [1.807, 2.05) is 20.8 Å². The Balaban J connectivity index is 1.64. The molecule has 0 aliphatic heterocycles. The summed E-state index contributed by atoms with van der Waals surface area (Å²) in [6.07, 6.45) is 6.73. The molecule has 4 aliphatic rings. The number of unbranched alkanes of at least 4 members (excludes halogenated alkanes) is 1. The molecular weight excluding hydrogens is 443 g/mol. The second-order valence-electron chi connectivity index (χ2n) is 13.5. The summed E-state index contributed by atoms with van der Waals surface area (Å²) in [4.78, 5) is 26.0. The fourth-order valence-corrected chi connectivity index (χ4v) is 8.81. The summed E-state index contributed by atoms with van der Waals surface area (Å²) < 4.78 is 23.5. The van der Waals surface area contributed by atoms with Gasteiger partial charge in [-0.05, 0) is 75.7 Å². The fraction of sp³-hybridized carbons (Fsp3) is 0.867. The number of hydrogen-bond donors (Lipinski definition) is 1. The minimum atomic E-state index is -1.77. The first-order chi connectivity index (χ1) is 16.2. The maximum Gasteiger partial charge on any atom is 0.165 e. The van der Waals surface area contributed by atoms with Gasteiger partial charge in [0, 0.05) is 23.2 Å². The predicted octanol–water partition coefficient (Wildman–Crippen LogP) is 6.39. The molecule has 0 aromatic heterocycles. The molecule has 0 radical (unpaired) electrons. The first kappa shape index (κ1) is 27.0. The van der Waals surface area contributed by atoms with Crippen LogP contribution >= 0.6 is 0 Å². The van der Waals surface area contributed by atoms with Crippen LogP contribution in [-0.2, 0) is 14.3 Å². The second kappa shape index (κ2) is 8.75. The van der Waals surface area contributed by atoms with E-state index in [1.165, 1.54) is 0 Å². The summed E-state index contributed by atoms with van der Waals surface area (Å²) in [5.41, 5.74) is -3.24. The van der Waals surface area contributed by atoms with Crippen molar-refractivity contribution in [2.24, 2.45) is 34.0 Å². The van der Waals surface area contributed by atoms with Crippen molar-refractivity contribution in [3.63, 3.8) is 0 Å². The van der Waals surface area contributed by atoms with Crippen LogP contribution in [0.5, 0.6) is 0 Å². The average molecular weight is 491 g/mol. The van der Waals surface area contributed by atoms with E-state index in [9.17, 15) is 14.7 Å². The molecular formula is C30H47FO4. The van der Waals surface area contributed by atoms with E-state index in [-0.39, 0.29) is 47.9 Å². The van der Waals surface area contributed by atoms with Crippen LogP contribution in [0.3, 0.4) is 0 Å². The molecule has 0 aromatic rings. The standard InChI is InChI=1S/C30H47FO4/c1-8-9-13-26(3,4)35-18-25(34)29(7)19(2)15-23-22-11-10-20-16-21(32)12-14-27(20,5)30(22,31)24(33)17-28(23,29)6/h16,19,22-24,33H,8-15,17-18H2,1-7H3/t19-,22+,23+,24+,27+,28+,29-,30+/m1/s1. The lowest BCUT2D eigenvalue weighted by Crippen LogP contribution is -2.68. The molecule has 3 fully saturated rings. The SMILES string of the molecule is CCCCC(C)(C)OCC(=O)[C@@]1(C)[C@H](C)C[C@H]2[C@@H]3CCC4=CC(=O)CC[C@]4(C)[C@@]3(F)[C@@H](O)C[C@@]21C. The van der Waals surface area contributed by atoms with Crippen LogP contribution in [0.2, 0.25) is 0 Å². The van der Waals surface area contributed by atoms with Gasteiger partial charge in [0.15, 0.2) is 11.6 Å². The number of ether oxygens (including phenoxy) is 1. The Hall–Kier alpha value is -1.07. The van der Waals surface area contributed by atoms with E-state index in [0.29, 0.717) is 25.7 Å². The van der Waals surface area contributed by atoms with Gasteiger partial charge < -0.3 is 9.84 Å². The predicted molar refractivity (Wildman–Crippen MR) is 136 cm³/mol. The van der Waals surface area contributed by atoms with E-state index >= 15 is 4.39 Å². The fourth-order valence-electron chi connectivity index (χ4n) is 8.81. The minimum Gasteiger partial charge on any atom is -0.390 e. The van der Waals surface area contributed by atoms with Crippen LogP contribution in [0.25, 0.3) is 0 Å². The Morgan fingerprint density at radius 2 is 1.91 bits per heavy atom. The number of aliphatic hydroxyl groups is 1. The third kappa shape index (κ3) is 3.73. The van der Waals surface area contributed by atoms with Gasteiger partial charge in [0.2, 0.25) is 0 Å². The number of fused-ring (bicyclic) bond motifs is 5. The highest BCUT2D eigenvalue weighted by Crippen LogP contribution is 2.73. The Morgan fingerprint density at radius 1 is 1.23 bits per heavy atom. The van der Waals surface area contributed by atoms with E-state index in [1.54, 1.807) is 6.08 Å². The molecule has 4 aliphatic carbocycles. The first-order valence-corrected chi connectivity index (χ1v) is 14.0. The number of alkyl halides is 1. The summed E-state index contributed by atoms with van der Waals surface area (Å²) in [5.74, 6) is -0.0534. The van der Waals surface area contributed by atoms with Gasteiger partial charge in [-0.3, -0.25) is 9.59 Å². The van der Waals surface area contributed by atoms with Crippen molar-refractivity contribution in [1.82, 2.24) is 0 Å². The first-order valence-electron chi connectivity index (χ1n) is 14.0. The molecule has 0 spiro atoms. The maximum atomic E-state index is 17.4. The summed E-state index contributed by atoms with van der Waals surface area (Å²) in [6, 6.07) is 0. The monoisotopic (exact) mass is 490 g/mol. The van der Waals surface area contributed by atoms with Crippen LogP contribution in [0, 0.1) is 34.0 Å². The van der Waals surface area contributed by atoms with Crippen molar-refractivity contribution in [2.45, 2.75) is 124 Å². The largest absolute Gasteiger partial charge is 0.390 e. The molecule has 0 saturated heterocycles. The van der Waals surface area contributed by atoms with Gasteiger partial charge in [-0.2, -0.15) is 0 Å². The number of carbonyl (C=O) groups is 2. The van der Waals surface area contributed by atoms with Gasteiger partial charge in [-0.25, -0.2) is 4.39 Å². The van der Waals surface area contributed by atoms with Crippen LogP contribution in [0.4, 0.5) is 4.39 Å². The second-order valence-corrected chi connectivity index (χ2v) is 13.5. The lowest BCUT2D eigenvalue weighted by atomic mass is 9.42. The third-order valence-electron chi connectivity index (χ3n) is 11.5. The van der Waals surface area contributed by atoms with Gasteiger partial charge in [-0.1, -0.05) is 53.0 Å². The molecule has 1 N–H and O–H groups in total. The van der Waals surface area contributed by atoms with Crippen molar-refractivity contribution in [3.05, 3.63) is 11.6 Å². The molecule has 3 saturated carbocycles.